The van der Waals surface area contributed by atoms with Crippen LogP contribution in [0.25, 0.3) is 0 Å². The van der Waals surface area contributed by atoms with Gasteiger partial charge < -0.3 is 9.80 Å². The van der Waals surface area contributed by atoms with Crippen molar-refractivity contribution in [2.24, 2.45) is 0 Å². The first kappa shape index (κ1) is 13.5. The van der Waals surface area contributed by atoms with Crippen molar-refractivity contribution in [2.75, 3.05) is 26.2 Å². The average Bonchev–Trinajstić information content (AvgIpc) is 2.50. The van der Waals surface area contributed by atoms with Crippen LogP contribution in [0.5, 0.6) is 0 Å². The second kappa shape index (κ2) is 6.21. The number of nitrogens with one attached hydrogen (secondary N) is 1. The van der Waals surface area contributed by atoms with Gasteiger partial charge in [0.2, 0.25) is 5.91 Å². The van der Waals surface area contributed by atoms with Crippen LogP contribution in [0.2, 0.25) is 0 Å². The van der Waals surface area contributed by atoms with Gasteiger partial charge in [0.1, 0.15) is 0 Å². The Morgan fingerprint density at radius 3 is 2.38 bits per heavy atom. The first-order chi connectivity index (χ1) is 7.60. The van der Waals surface area contributed by atoms with E-state index in [0.29, 0.717) is 0 Å². The van der Waals surface area contributed by atoms with Gasteiger partial charge in [0.05, 0.1) is 12.2 Å². The molecule has 4 nitrogen and oxygen atoms in total. The summed E-state index contributed by atoms with van der Waals surface area (Å²) in [6.07, 6.45) is 1.26. The molecule has 0 saturated carbocycles. The molecule has 1 aliphatic rings. The molecular formula is C12H25N3O. The number of hydrogen-bond acceptors (Lipinski definition) is 3. The standard InChI is InChI=1S/C12H25N3O/c1-5-14(6-2)8-7-9-15-11(4)13-10(3)12(15)16/h10-11,13H,5-9H2,1-4H3. The lowest BCUT2D eigenvalue weighted by molar-refractivity contribution is -0.129. The first-order valence-electron chi connectivity index (χ1n) is 6.39. The minimum absolute atomic E-state index is 0.0107. The first-order valence-corrected chi connectivity index (χ1v) is 6.39. The van der Waals surface area contributed by atoms with Crippen LogP contribution in [0.3, 0.4) is 0 Å². The van der Waals surface area contributed by atoms with Crippen LogP contribution < -0.4 is 5.32 Å². The van der Waals surface area contributed by atoms with Gasteiger partial charge in [0, 0.05) is 6.54 Å². The zero-order valence-corrected chi connectivity index (χ0v) is 11.0. The van der Waals surface area contributed by atoms with Crippen molar-refractivity contribution < 1.29 is 4.79 Å². The van der Waals surface area contributed by atoms with Crippen LogP contribution >= 0.6 is 0 Å². The third-order valence-corrected chi connectivity index (χ3v) is 3.38. The van der Waals surface area contributed by atoms with Gasteiger partial charge in [-0.25, -0.2) is 0 Å². The molecule has 1 fully saturated rings. The number of nitrogens with zero attached hydrogens (tertiary/aromatic N) is 2. The van der Waals surface area contributed by atoms with Crippen LogP contribution in [0, 0.1) is 0 Å². The van der Waals surface area contributed by atoms with Gasteiger partial charge in [-0.1, -0.05) is 13.8 Å². The molecule has 0 bridgehead atoms. The summed E-state index contributed by atoms with van der Waals surface area (Å²) in [5.41, 5.74) is 0. The van der Waals surface area contributed by atoms with E-state index in [0.717, 1.165) is 32.6 Å². The van der Waals surface area contributed by atoms with Gasteiger partial charge in [-0.2, -0.15) is 0 Å². The molecule has 2 atom stereocenters. The number of carbonyl (C=O) groups excluding carboxylic acids is 1. The van der Waals surface area contributed by atoms with E-state index >= 15 is 0 Å². The van der Waals surface area contributed by atoms with Crippen molar-refractivity contribution >= 4 is 5.91 Å². The highest BCUT2D eigenvalue weighted by Crippen LogP contribution is 2.10. The van der Waals surface area contributed by atoms with Crippen molar-refractivity contribution in [1.82, 2.24) is 15.1 Å². The van der Waals surface area contributed by atoms with Crippen LogP contribution in [-0.2, 0) is 4.79 Å². The molecule has 0 aliphatic carbocycles. The highest BCUT2D eigenvalue weighted by atomic mass is 16.2. The summed E-state index contributed by atoms with van der Waals surface area (Å²) in [6.45, 7) is 12.5. The maximum Gasteiger partial charge on any atom is 0.240 e. The molecule has 1 heterocycles. The van der Waals surface area contributed by atoms with Crippen LogP contribution in [0.4, 0.5) is 0 Å². The molecule has 94 valence electrons. The lowest BCUT2D eigenvalue weighted by Crippen LogP contribution is -2.37. The minimum atomic E-state index is -0.0107. The SMILES string of the molecule is CCN(CC)CCCN1C(=O)C(C)NC1C. The fourth-order valence-corrected chi connectivity index (χ4v) is 2.27. The zero-order valence-electron chi connectivity index (χ0n) is 11.0. The molecule has 0 spiro atoms. The summed E-state index contributed by atoms with van der Waals surface area (Å²) in [5.74, 6) is 0.243. The van der Waals surface area contributed by atoms with Gasteiger partial charge in [0.25, 0.3) is 0 Å². The predicted molar refractivity (Wildman–Crippen MR) is 66.2 cm³/mol. The lowest BCUT2D eigenvalue weighted by atomic mass is 10.3. The fraction of sp³-hybridized carbons (Fsp3) is 0.917. The van der Waals surface area contributed by atoms with Gasteiger partial charge in [0.15, 0.2) is 0 Å². The van der Waals surface area contributed by atoms with E-state index in [1.807, 2.05) is 11.8 Å². The third-order valence-electron chi connectivity index (χ3n) is 3.38. The summed E-state index contributed by atoms with van der Waals surface area (Å²) in [7, 11) is 0. The molecule has 0 aromatic heterocycles. The van der Waals surface area contributed by atoms with E-state index in [1.54, 1.807) is 0 Å². The fourth-order valence-electron chi connectivity index (χ4n) is 2.27. The highest BCUT2D eigenvalue weighted by molar-refractivity contribution is 5.83. The maximum atomic E-state index is 11.8. The molecule has 1 rings (SSSR count). The van der Waals surface area contributed by atoms with Crippen molar-refractivity contribution in [1.29, 1.82) is 0 Å². The Morgan fingerprint density at radius 1 is 1.31 bits per heavy atom. The molecule has 0 aromatic carbocycles. The van der Waals surface area contributed by atoms with Crippen LogP contribution in [0.1, 0.15) is 34.1 Å². The highest BCUT2D eigenvalue weighted by Gasteiger charge is 2.32. The van der Waals surface area contributed by atoms with E-state index in [2.05, 4.69) is 31.0 Å². The molecule has 1 aliphatic heterocycles. The minimum Gasteiger partial charge on any atom is -0.326 e. The van der Waals surface area contributed by atoms with Gasteiger partial charge in [-0.3, -0.25) is 10.1 Å². The van der Waals surface area contributed by atoms with E-state index in [1.165, 1.54) is 0 Å². The van der Waals surface area contributed by atoms with Gasteiger partial charge in [-0.15, -0.1) is 0 Å². The maximum absolute atomic E-state index is 11.8. The van der Waals surface area contributed by atoms with Crippen molar-refractivity contribution in [2.45, 2.75) is 46.3 Å². The normalized spacial score (nSPS) is 25.8. The Hall–Kier alpha value is -0.610. The summed E-state index contributed by atoms with van der Waals surface area (Å²) in [4.78, 5) is 16.1. The summed E-state index contributed by atoms with van der Waals surface area (Å²) in [5, 5.41) is 3.25. The summed E-state index contributed by atoms with van der Waals surface area (Å²) < 4.78 is 0. The molecule has 16 heavy (non-hydrogen) atoms. The molecule has 0 radical (unpaired) electrons. The molecule has 1 saturated heterocycles. The summed E-state index contributed by atoms with van der Waals surface area (Å²) in [6, 6.07) is -0.0107. The molecule has 2 unspecified atom stereocenters. The summed E-state index contributed by atoms with van der Waals surface area (Å²) >= 11 is 0. The molecule has 4 heteroatoms. The quantitative estimate of drug-likeness (QED) is 0.732. The predicted octanol–water partition coefficient (Wildman–Crippen LogP) is 0.885. The smallest absolute Gasteiger partial charge is 0.240 e. The van der Waals surface area contributed by atoms with Crippen LogP contribution in [0.15, 0.2) is 0 Å². The van der Waals surface area contributed by atoms with Crippen molar-refractivity contribution in [3.05, 3.63) is 0 Å². The molecule has 0 aromatic rings. The second-order valence-electron chi connectivity index (χ2n) is 4.48. The number of amides is 1. The number of hydrogen-bond donors (Lipinski definition) is 1. The topological polar surface area (TPSA) is 35.6 Å². The molecular weight excluding hydrogens is 202 g/mol. The van der Waals surface area contributed by atoms with E-state index < -0.39 is 0 Å². The average molecular weight is 227 g/mol. The van der Waals surface area contributed by atoms with Crippen molar-refractivity contribution in [3.8, 4) is 0 Å². The van der Waals surface area contributed by atoms with Gasteiger partial charge >= 0.3 is 0 Å². The Balaban J connectivity index is 2.30. The van der Waals surface area contributed by atoms with Crippen LogP contribution in [-0.4, -0.2) is 54.1 Å². The Morgan fingerprint density at radius 2 is 1.94 bits per heavy atom. The largest absolute Gasteiger partial charge is 0.326 e. The van der Waals surface area contributed by atoms with E-state index in [9.17, 15) is 4.79 Å². The Kier molecular flexibility index (Phi) is 5.22. The van der Waals surface area contributed by atoms with E-state index in [4.69, 9.17) is 0 Å². The van der Waals surface area contributed by atoms with E-state index in [-0.39, 0.29) is 18.1 Å². The van der Waals surface area contributed by atoms with Crippen molar-refractivity contribution in [3.63, 3.8) is 0 Å². The molecule has 1 amide bonds. The monoisotopic (exact) mass is 227 g/mol. The lowest BCUT2D eigenvalue weighted by Gasteiger charge is -2.23. The zero-order chi connectivity index (χ0) is 12.1. The Bertz CT molecular complexity index is 228. The number of carbonyl (C=O) groups is 1. The number of rotatable bonds is 6. The Labute approximate surface area is 99.0 Å². The second-order valence-corrected chi connectivity index (χ2v) is 4.48. The van der Waals surface area contributed by atoms with Gasteiger partial charge in [-0.05, 0) is 39.9 Å². The molecule has 1 N–H and O–H groups in total. The third kappa shape index (κ3) is 3.19.